The molecule has 0 saturated heterocycles. The van der Waals surface area contributed by atoms with Gasteiger partial charge in [0.05, 0.1) is 15.5 Å². The fourth-order valence-electron chi connectivity index (χ4n) is 2.25. The smallest absolute Gasteiger partial charge is 0.744 e. The number of nitrogens with zero attached hydrogens (tertiary/aromatic N) is 1. The summed E-state index contributed by atoms with van der Waals surface area (Å²) in [6.07, 6.45) is 0. The number of aryl methyl sites for hydroxylation is 1. The fourth-order valence-corrected chi connectivity index (χ4v) is 3.69. The summed E-state index contributed by atoms with van der Waals surface area (Å²) in [5.41, 5.74) is -1.50. The first-order chi connectivity index (χ1) is 11.1. The van der Waals surface area contributed by atoms with E-state index < -0.39 is 46.7 Å². The molecular formula is C14H16N2Na2O7S2. The van der Waals surface area contributed by atoms with Crippen LogP contribution in [0.15, 0.2) is 32.8 Å². The van der Waals surface area contributed by atoms with Crippen LogP contribution < -0.4 is 64.7 Å². The van der Waals surface area contributed by atoms with Crippen molar-refractivity contribution < 1.29 is 85.1 Å². The van der Waals surface area contributed by atoms with Crippen LogP contribution >= 0.6 is 0 Å². The van der Waals surface area contributed by atoms with E-state index >= 15 is 0 Å². The van der Waals surface area contributed by atoms with Gasteiger partial charge in [-0.25, -0.2) is 21.5 Å². The summed E-state index contributed by atoms with van der Waals surface area (Å²) >= 11 is 0. The predicted octanol–water partition coefficient (Wildman–Crippen LogP) is -5.41. The van der Waals surface area contributed by atoms with Crippen LogP contribution in [0.3, 0.4) is 0 Å². The summed E-state index contributed by atoms with van der Waals surface area (Å²) in [4.78, 5) is 10.7. The van der Waals surface area contributed by atoms with Gasteiger partial charge in [0.2, 0.25) is 0 Å². The van der Waals surface area contributed by atoms with Crippen LogP contribution in [-0.2, 0) is 25.7 Å². The van der Waals surface area contributed by atoms with E-state index in [9.17, 15) is 30.7 Å². The van der Waals surface area contributed by atoms with Crippen molar-refractivity contribution in [2.45, 2.75) is 42.9 Å². The molecule has 27 heavy (non-hydrogen) atoms. The van der Waals surface area contributed by atoms with Crippen molar-refractivity contribution in [1.29, 1.82) is 0 Å². The molecule has 1 heterocycles. The van der Waals surface area contributed by atoms with E-state index in [0.29, 0.717) is 11.8 Å². The Morgan fingerprint density at radius 2 is 1.41 bits per heavy atom. The number of rotatable bonds is 3. The zero-order valence-corrected chi connectivity index (χ0v) is 21.5. The van der Waals surface area contributed by atoms with Gasteiger partial charge < -0.3 is 9.11 Å². The summed E-state index contributed by atoms with van der Waals surface area (Å²) in [7, 11) is -9.97. The van der Waals surface area contributed by atoms with Crippen molar-refractivity contribution in [3.05, 3.63) is 39.8 Å². The fraction of sp³-hybridized carbons (Fsp3) is 0.357. The maximum absolute atomic E-state index is 12.2. The Morgan fingerprint density at radius 3 is 1.78 bits per heavy atom. The Labute approximate surface area is 201 Å². The minimum atomic E-state index is -5.04. The number of hydrogen-bond acceptors (Lipinski definition) is 7. The average Bonchev–Trinajstić information content (AvgIpc) is 2.78. The minimum Gasteiger partial charge on any atom is -0.744 e. The van der Waals surface area contributed by atoms with Gasteiger partial charge >= 0.3 is 59.1 Å². The molecule has 0 atom stereocenters. The van der Waals surface area contributed by atoms with Gasteiger partial charge in [0.1, 0.15) is 20.2 Å². The van der Waals surface area contributed by atoms with Crippen molar-refractivity contribution >= 4 is 20.2 Å². The summed E-state index contributed by atoms with van der Waals surface area (Å²) in [6, 6.07) is 2.69. The predicted molar refractivity (Wildman–Crippen MR) is 85.8 cm³/mol. The summed E-state index contributed by atoms with van der Waals surface area (Å²) < 4.78 is 69.5. The maximum Gasteiger partial charge on any atom is 1.00 e. The van der Waals surface area contributed by atoms with E-state index in [2.05, 4.69) is 5.10 Å². The molecule has 1 aromatic heterocycles. The van der Waals surface area contributed by atoms with Crippen LogP contribution in [0.4, 0.5) is 0 Å². The first-order valence-corrected chi connectivity index (χ1v) is 9.83. The van der Waals surface area contributed by atoms with Gasteiger partial charge in [0, 0.05) is 17.2 Å². The second kappa shape index (κ2) is 8.82. The molecule has 138 valence electrons. The molecule has 0 bridgehead atoms. The standard InChI is InChI=1S/C14H18N2O7S2.2Na/c1-8-5-11(25(21,22)23)9(6-10(8)24(18,19)20)16-13(17)7-12(15-16)14(2,3)4;;/h5-7,15H,1-4H3,(H,18,19,20)(H,21,22,23);;/q;2*+1/p-2. The van der Waals surface area contributed by atoms with Crippen LogP contribution in [0.25, 0.3) is 5.69 Å². The Balaban J connectivity index is 0.00000338. The van der Waals surface area contributed by atoms with Gasteiger partial charge in [-0.2, -0.15) is 0 Å². The first kappa shape index (κ1) is 27.0. The molecular weight excluding hydrogens is 418 g/mol. The summed E-state index contributed by atoms with van der Waals surface area (Å²) in [5, 5.41) is 2.65. The van der Waals surface area contributed by atoms with Crippen LogP contribution in [0.5, 0.6) is 0 Å². The van der Waals surface area contributed by atoms with Crippen LogP contribution in [0, 0.1) is 6.92 Å². The van der Waals surface area contributed by atoms with E-state index in [0.717, 1.165) is 10.7 Å². The molecule has 0 amide bonds. The van der Waals surface area contributed by atoms with Crippen LogP contribution in [-0.4, -0.2) is 35.7 Å². The summed E-state index contributed by atoms with van der Waals surface area (Å²) in [5.74, 6) is 0. The normalized spacial score (nSPS) is 12.2. The van der Waals surface area contributed by atoms with Crippen molar-refractivity contribution in [3.63, 3.8) is 0 Å². The Hall–Kier alpha value is 0.0500. The second-order valence-electron chi connectivity index (χ2n) is 6.59. The molecule has 0 aliphatic rings. The van der Waals surface area contributed by atoms with Gasteiger partial charge in [-0.1, -0.05) is 20.8 Å². The SMILES string of the molecule is Cc1cc(S(=O)(=O)[O-])c(-n2[nH]c(C(C)(C)C)cc2=O)cc1S(=O)(=O)[O-].[Na+].[Na+]. The van der Waals surface area contributed by atoms with E-state index in [1.165, 1.54) is 13.0 Å². The van der Waals surface area contributed by atoms with Gasteiger partial charge in [0.15, 0.2) is 0 Å². The quantitative estimate of drug-likeness (QED) is 0.374. The van der Waals surface area contributed by atoms with Crippen molar-refractivity contribution in [2.75, 3.05) is 0 Å². The molecule has 0 saturated carbocycles. The third-order valence-electron chi connectivity index (χ3n) is 3.56. The zero-order valence-electron chi connectivity index (χ0n) is 15.9. The largest absolute Gasteiger partial charge is 1.00 e. The van der Waals surface area contributed by atoms with Gasteiger partial charge in [-0.05, 0) is 24.6 Å². The summed E-state index contributed by atoms with van der Waals surface area (Å²) in [6.45, 7) is 6.55. The van der Waals surface area contributed by atoms with Gasteiger partial charge in [-0.3, -0.25) is 9.89 Å². The number of aromatic nitrogens is 2. The van der Waals surface area contributed by atoms with E-state index in [4.69, 9.17) is 0 Å². The Morgan fingerprint density at radius 1 is 0.926 bits per heavy atom. The van der Waals surface area contributed by atoms with Crippen molar-refractivity contribution in [3.8, 4) is 5.69 Å². The second-order valence-corrected chi connectivity index (χ2v) is 9.28. The molecule has 2 rings (SSSR count). The Kier molecular flexibility index (Phi) is 8.84. The molecule has 1 N–H and O–H groups in total. The molecule has 1 aromatic carbocycles. The molecule has 0 unspecified atom stereocenters. The number of aromatic amines is 1. The van der Waals surface area contributed by atoms with Gasteiger partial charge in [-0.15, -0.1) is 0 Å². The molecule has 0 fully saturated rings. The Bertz CT molecular complexity index is 1110. The van der Waals surface area contributed by atoms with Crippen LogP contribution in [0.1, 0.15) is 32.0 Å². The molecule has 0 radical (unpaired) electrons. The third-order valence-corrected chi connectivity index (χ3v) is 5.41. The first-order valence-electron chi connectivity index (χ1n) is 7.02. The maximum atomic E-state index is 12.2. The zero-order chi connectivity index (χ0) is 19.4. The number of nitrogens with one attached hydrogen (secondary N) is 1. The minimum absolute atomic E-state index is 0. The topological polar surface area (TPSA) is 152 Å². The third kappa shape index (κ3) is 6.01. The number of H-pyrrole nitrogens is 1. The molecule has 0 aliphatic carbocycles. The molecule has 2 aromatic rings. The monoisotopic (exact) mass is 434 g/mol. The molecule has 13 heteroatoms. The molecule has 0 spiro atoms. The molecule has 9 nitrogen and oxygen atoms in total. The van der Waals surface area contributed by atoms with Crippen molar-refractivity contribution in [1.82, 2.24) is 9.78 Å². The molecule has 0 aliphatic heterocycles. The van der Waals surface area contributed by atoms with Gasteiger partial charge in [0.25, 0.3) is 5.56 Å². The van der Waals surface area contributed by atoms with E-state index in [1.54, 1.807) is 20.8 Å². The average molecular weight is 434 g/mol. The number of benzene rings is 1. The van der Waals surface area contributed by atoms with Crippen LogP contribution in [0.2, 0.25) is 0 Å². The number of hydrogen-bond donors (Lipinski definition) is 1. The van der Waals surface area contributed by atoms with E-state index in [-0.39, 0.29) is 64.7 Å². The van der Waals surface area contributed by atoms with Crippen molar-refractivity contribution in [2.24, 2.45) is 0 Å². The van der Waals surface area contributed by atoms with E-state index in [1.807, 2.05) is 0 Å².